The van der Waals surface area contributed by atoms with E-state index in [1.165, 1.54) is 23.5 Å². The van der Waals surface area contributed by atoms with Crippen LogP contribution in [0.1, 0.15) is 17.5 Å². The molecule has 0 unspecified atom stereocenters. The highest BCUT2D eigenvalue weighted by molar-refractivity contribution is 7.99. The van der Waals surface area contributed by atoms with E-state index in [4.69, 9.17) is 32.0 Å². The zero-order chi connectivity index (χ0) is 24.2. The predicted molar refractivity (Wildman–Crippen MR) is 135 cm³/mol. The Kier molecular flexibility index (Phi) is 7.33. The molecule has 2 aromatic carbocycles. The summed E-state index contributed by atoms with van der Waals surface area (Å²) in [7, 11) is 0. The Morgan fingerprint density at radius 2 is 1.20 bits per heavy atom. The monoisotopic (exact) mass is 542 g/mol. The quantitative estimate of drug-likeness (QED) is 0.118. The maximum Gasteiger partial charge on any atom is 0.247 e. The van der Waals surface area contributed by atoms with Crippen LogP contribution in [0.15, 0.2) is 73.6 Å². The van der Waals surface area contributed by atoms with Gasteiger partial charge in [-0.25, -0.2) is 9.97 Å². The van der Waals surface area contributed by atoms with Crippen LogP contribution in [0.3, 0.4) is 0 Å². The molecule has 0 saturated carbocycles. The first kappa shape index (κ1) is 23.8. The third-order valence-corrected chi connectivity index (χ3v) is 6.83. The molecule has 0 aliphatic heterocycles. The van der Waals surface area contributed by atoms with Crippen LogP contribution in [0.25, 0.3) is 22.9 Å². The number of benzene rings is 2. The third-order valence-electron chi connectivity index (χ3n) is 4.59. The fourth-order valence-electron chi connectivity index (χ4n) is 2.96. The topological polar surface area (TPSA) is 104 Å². The molecule has 0 fully saturated rings. The number of hydrogen-bond acceptors (Lipinski definition) is 10. The molecule has 0 aliphatic rings. The summed E-state index contributed by atoms with van der Waals surface area (Å²) in [6, 6.07) is 16.4. The summed E-state index contributed by atoms with van der Waals surface area (Å²) < 4.78 is 11.5. The second-order valence-corrected chi connectivity index (χ2v) is 10.0. The number of thioether (sulfide) groups is 2. The van der Waals surface area contributed by atoms with Crippen molar-refractivity contribution in [1.29, 1.82) is 0 Å². The van der Waals surface area contributed by atoms with Crippen LogP contribution in [-0.4, -0.2) is 30.4 Å². The molecular formula is C23H16Cl2N6O2S2. The molecule has 176 valence electrons. The smallest absolute Gasteiger partial charge is 0.247 e. The Hall–Kier alpha value is -2.92. The normalized spacial score (nSPS) is 11.2. The van der Waals surface area contributed by atoms with Crippen molar-refractivity contribution < 1.29 is 8.83 Å². The molecule has 0 spiro atoms. The van der Waals surface area contributed by atoms with Gasteiger partial charge in [0.25, 0.3) is 0 Å². The maximum atomic E-state index is 5.94. The Bertz CT molecular complexity index is 1340. The van der Waals surface area contributed by atoms with Gasteiger partial charge in [0.05, 0.1) is 11.5 Å². The zero-order valence-electron chi connectivity index (χ0n) is 18.2. The zero-order valence-corrected chi connectivity index (χ0v) is 21.3. The van der Waals surface area contributed by atoms with Crippen LogP contribution in [-0.2, 0) is 11.5 Å². The average Bonchev–Trinajstić information content (AvgIpc) is 3.52. The van der Waals surface area contributed by atoms with E-state index in [9.17, 15) is 0 Å². The summed E-state index contributed by atoms with van der Waals surface area (Å²) in [5.74, 6) is 2.81. The molecule has 35 heavy (non-hydrogen) atoms. The lowest BCUT2D eigenvalue weighted by molar-refractivity contribution is 0.528. The molecule has 0 atom stereocenters. The Labute approximate surface area is 218 Å². The van der Waals surface area contributed by atoms with Crippen molar-refractivity contribution in [2.45, 2.75) is 28.6 Å². The van der Waals surface area contributed by atoms with Gasteiger partial charge in [0.2, 0.25) is 23.6 Å². The molecule has 8 nitrogen and oxygen atoms in total. The predicted octanol–water partition coefficient (Wildman–Crippen LogP) is 6.78. The van der Waals surface area contributed by atoms with Gasteiger partial charge in [-0.15, -0.1) is 20.4 Å². The summed E-state index contributed by atoms with van der Waals surface area (Å²) in [6.07, 6.45) is 0. The molecule has 0 saturated heterocycles. The van der Waals surface area contributed by atoms with Crippen LogP contribution >= 0.6 is 46.7 Å². The summed E-state index contributed by atoms with van der Waals surface area (Å²) in [4.78, 5) is 9.12. The van der Waals surface area contributed by atoms with E-state index in [2.05, 4.69) is 30.4 Å². The number of aromatic nitrogens is 6. The van der Waals surface area contributed by atoms with Gasteiger partial charge in [0.15, 0.2) is 5.16 Å². The molecule has 0 bridgehead atoms. The largest absolute Gasteiger partial charge is 0.420 e. The van der Waals surface area contributed by atoms with E-state index in [0.29, 0.717) is 50.3 Å². The first-order valence-electron chi connectivity index (χ1n) is 10.3. The van der Waals surface area contributed by atoms with E-state index < -0.39 is 0 Å². The van der Waals surface area contributed by atoms with E-state index in [1.807, 2.05) is 37.3 Å². The molecule has 0 N–H and O–H groups in total. The standard InChI is InChI=1S/C23H16Cl2N6O2S2/c1-13-10-20(34-11-18-28-30-21(32-18)14-2-6-16(24)7-3-14)27-23(26-13)35-12-19-29-31-22(33-19)15-4-8-17(25)9-5-15/h2-10H,11-12H2,1H3. The second kappa shape index (κ2) is 10.8. The van der Waals surface area contributed by atoms with Gasteiger partial charge in [-0.1, -0.05) is 46.7 Å². The molecule has 3 heterocycles. The lowest BCUT2D eigenvalue weighted by Crippen LogP contribution is -1.94. The van der Waals surface area contributed by atoms with E-state index >= 15 is 0 Å². The van der Waals surface area contributed by atoms with Crippen LogP contribution in [0.2, 0.25) is 10.0 Å². The van der Waals surface area contributed by atoms with Crippen molar-refractivity contribution in [2.75, 3.05) is 0 Å². The third kappa shape index (κ3) is 6.21. The van der Waals surface area contributed by atoms with Gasteiger partial charge in [-0.2, -0.15) is 0 Å². The number of hydrogen-bond donors (Lipinski definition) is 0. The van der Waals surface area contributed by atoms with Gasteiger partial charge in [0, 0.05) is 26.9 Å². The number of aryl methyl sites for hydroxylation is 1. The van der Waals surface area contributed by atoms with Gasteiger partial charge >= 0.3 is 0 Å². The van der Waals surface area contributed by atoms with Crippen LogP contribution in [0.5, 0.6) is 0 Å². The Morgan fingerprint density at radius 1 is 0.686 bits per heavy atom. The minimum atomic E-state index is 0.441. The highest BCUT2D eigenvalue weighted by atomic mass is 35.5. The van der Waals surface area contributed by atoms with Crippen molar-refractivity contribution in [3.63, 3.8) is 0 Å². The van der Waals surface area contributed by atoms with E-state index in [1.54, 1.807) is 24.3 Å². The van der Waals surface area contributed by atoms with E-state index in [0.717, 1.165) is 21.8 Å². The van der Waals surface area contributed by atoms with Gasteiger partial charge in [0.1, 0.15) is 5.03 Å². The Balaban J connectivity index is 1.20. The van der Waals surface area contributed by atoms with Gasteiger partial charge in [-0.3, -0.25) is 0 Å². The van der Waals surface area contributed by atoms with Crippen LogP contribution < -0.4 is 0 Å². The average molecular weight is 543 g/mol. The molecular weight excluding hydrogens is 527 g/mol. The maximum absolute atomic E-state index is 5.94. The van der Waals surface area contributed by atoms with Crippen molar-refractivity contribution in [3.05, 3.63) is 82.1 Å². The highest BCUT2D eigenvalue weighted by Gasteiger charge is 2.13. The number of nitrogens with zero attached hydrogens (tertiary/aromatic N) is 6. The summed E-state index contributed by atoms with van der Waals surface area (Å²) in [6.45, 7) is 1.92. The summed E-state index contributed by atoms with van der Waals surface area (Å²) in [5.41, 5.74) is 2.48. The highest BCUT2D eigenvalue weighted by Crippen LogP contribution is 2.28. The lowest BCUT2D eigenvalue weighted by atomic mass is 10.2. The molecule has 5 rings (SSSR count). The first-order valence-corrected chi connectivity index (χ1v) is 13.0. The molecule has 0 amide bonds. The first-order chi connectivity index (χ1) is 17.0. The van der Waals surface area contributed by atoms with Gasteiger partial charge in [-0.05, 0) is 61.5 Å². The van der Waals surface area contributed by atoms with Gasteiger partial charge < -0.3 is 8.83 Å². The molecule has 3 aromatic heterocycles. The fraction of sp³-hybridized carbons (Fsp3) is 0.130. The minimum absolute atomic E-state index is 0.441. The molecule has 5 aromatic rings. The summed E-state index contributed by atoms with van der Waals surface area (Å²) >= 11 is 14.8. The fourth-order valence-corrected chi connectivity index (χ4v) is 4.80. The molecule has 0 radical (unpaired) electrons. The SMILES string of the molecule is Cc1cc(SCc2nnc(-c3ccc(Cl)cc3)o2)nc(SCc2nnc(-c3ccc(Cl)cc3)o2)n1. The molecule has 0 aliphatic carbocycles. The van der Waals surface area contributed by atoms with Crippen molar-refractivity contribution in [3.8, 4) is 22.9 Å². The van der Waals surface area contributed by atoms with Crippen LogP contribution in [0.4, 0.5) is 0 Å². The van der Waals surface area contributed by atoms with Crippen molar-refractivity contribution >= 4 is 46.7 Å². The lowest BCUT2D eigenvalue weighted by Gasteiger charge is -2.03. The summed E-state index contributed by atoms with van der Waals surface area (Å²) in [5, 5.41) is 19.2. The number of halogens is 2. The van der Waals surface area contributed by atoms with Crippen molar-refractivity contribution in [2.24, 2.45) is 0 Å². The van der Waals surface area contributed by atoms with Crippen molar-refractivity contribution in [1.82, 2.24) is 30.4 Å². The number of rotatable bonds is 8. The Morgan fingerprint density at radius 3 is 1.74 bits per heavy atom. The van der Waals surface area contributed by atoms with E-state index in [-0.39, 0.29) is 0 Å². The minimum Gasteiger partial charge on any atom is -0.420 e. The second-order valence-electron chi connectivity index (χ2n) is 7.22. The van der Waals surface area contributed by atoms with Crippen LogP contribution in [0, 0.1) is 6.92 Å². The molecule has 12 heteroatoms.